The first-order valence-electron chi connectivity index (χ1n) is 16.6. The molecule has 0 saturated carbocycles. The number of ether oxygens (including phenoxy) is 4. The second-order valence-corrected chi connectivity index (χ2v) is 15.7. The van der Waals surface area contributed by atoms with Crippen LogP contribution in [0.25, 0.3) is 0 Å². The second kappa shape index (κ2) is 17.7. The smallest absolute Gasteiger partial charge is 0.361 e. The number of hydrogen-bond acceptors (Lipinski definition) is 15. The van der Waals surface area contributed by atoms with Gasteiger partial charge in [0.2, 0.25) is 5.91 Å². The number of rotatable bonds is 14. The quantitative estimate of drug-likeness (QED) is 0.0698. The lowest BCUT2D eigenvalue weighted by Crippen LogP contribution is -2.76. The number of methoxy groups -OCH3 is 1. The number of amides is 2. The topological polar surface area (TPSA) is 238 Å². The van der Waals surface area contributed by atoms with Gasteiger partial charge in [0.15, 0.2) is 16.7 Å². The van der Waals surface area contributed by atoms with E-state index in [1.54, 1.807) is 13.8 Å². The van der Waals surface area contributed by atoms with Crippen molar-refractivity contribution in [3.8, 4) is 11.5 Å². The lowest BCUT2D eigenvalue weighted by atomic mass is 9.91. The number of carbonyl (C=O) groups excluding carboxylic acids is 5. The summed E-state index contributed by atoms with van der Waals surface area (Å²) in [5.41, 5.74) is -2.12. The molecule has 2 aromatic carbocycles. The van der Waals surface area contributed by atoms with E-state index in [0.29, 0.717) is 5.56 Å². The molecule has 0 aliphatic carbocycles. The Balaban J connectivity index is 0.00000102. The summed E-state index contributed by atoms with van der Waals surface area (Å²) in [7, 11) is -4.01. The number of benzene rings is 2. The van der Waals surface area contributed by atoms with Crippen LogP contribution < -0.4 is 14.8 Å². The maximum absolute atomic E-state index is 13.5. The highest BCUT2D eigenvalue weighted by Crippen LogP contribution is 2.57. The van der Waals surface area contributed by atoms with Crippen LogP contribution in [0.15, 0.2) is 42.5 Å². The second-order valence-electron chi connectivity index (χ2n) is 12.5. The minimum Gasteiger partial charge on any atom is -0.457 e. The van der Waals surface area contributed by atoms with Gasteiger partial charge < -0.3 is 29.2 Å². The fourth-order valence-corrected chi connectivity index (χ4v) is 8.51. The molecule has 2 amide bonds. The standard InChI is InChI=1S/C28H29N3O14S2.C6H15N/c1-14(32)44-19-11-8-17(12-20(19)45-15(2)33)22(47(39,40)41)23(34)29-21-24(35)30-25(21)46-27(3,4)28(30,42-5)26(36)43-13-16-6-9-18(10-7-16)31(37)38;1-4-7(5-2)6-3/h6-12,21-22,25H,13H2,1-5H3,(H,29,34)(H,39,40,41);4-6H2,1-3H3/t21-,22+,25+,28+;/m0./s1. The number of nitro benzene ring substituents is 1. The molecule has 296 valence electrons. The molecule has 54 heavy (non-hydrogen) atoms. The maximum atomic E-state index is 13.5. The lowest BCUT2D eigenvalue weighted by Gasteiger charge is -2.49. The van der Waals surface area contributed by atoms with Crippen LogP contribution in [0.5, 0.6) is 11.5 Å². The first-order chi connectivity index (χ1) is 25.2. The molecule has 2 fully saturated rings. The van der Waals surface area contributed by atoms with Crippen molar-refractivity contribution >= 4 is 57.3 Å². The van der Waals surface area contributed by atoms with Crippen molar-refractivity contribution in [3.05, 3.63) is 63.7 Å². The third-order valence-electron chi connectivity index (χ3n) is 8.66. The third-order valence-corrected chi connectivity index (χ3v) is 11.3. The summed E-state index contributed by atoms with van der Waals surface area (Å²) in [4.78, 5) is 77.2. The number of esters is 3. The highest BCUT2D eigenvalue weighted by atomic mass is 32.2. The van der Waals surface area contributed by atoms with Gasteiger partial charge in [0.1, 0.15) is 18.0 Å². The molecule has 0 spiro atoms. The average molecular weight is 797 g/mol. The van der Waals surface area contributed by atoms with Crippen molar-refractivity contribution < 1.29 is 60.8 Å². The van der Waals surface area contributed by atoms with Crippen LogP contribution in [0, 0.1) is 10.1 Å². The monoisotopic (exact) mass is 796 g/mol. The number of hydrogen-bond donors (Lipinski definition) is 2. The number of non-ortho nitro benzene ring substituents is 1. The van der Waals surface area contributed by atoms with Crippen molar-refractivity contribution in [2.75, 3.05) is 26.7 Å². The summed E-state index contributed by atoms with van der Waals surface area (Å²) >= 11 is 1.06. The van der Waals surface area contributed by atoms with Crippen molar-refractivity contribution in [2.24, 2.45) is 0 Å². The van der Waals surface area contributed by atoms with Gasteiger partial charge in [-0.2, -0.15) is 8.42 Å². The Morgan fingerprint density at radius 1 is 1.00 bits per heavy atom. The lowest BCUT2D eigenvalue weighted by molar-refractivity contribution is -0.384. The Morgan fingerprint density at radius 3 is 2.02 bits per heavy atom. The number of nitrogens with zero attached hydrogens (tertiary/aromatic N) is 3. The molecular weight excluding hydrogens is 753 g/mol. The van der Waals surface area contributed by atoms with E-state index in [1.165, 1.54) is 51.0 Å². The van der Waals surface area contributed by atoms with Gasteiger partial charge in [-0.3, -0.25) is 38.7 Å². The van der Waals surface area contributed by atoms with E-state index in [2.05, 4.69) is 31.0 Å². The van der Waals surface area contributed by atoms with Gasteiger partial charge in [0.05, 0.1) is 9.67 Å². The fraction of sp³-hybridized carbons (Fsp3) is 0.500. The molecule has 20 heteroatoms. The van der Waals surface area contributed by atoms with E-state index in [0.717, 1.165) is 48.7 Å². The Labute approximate surface area is 316 Å². The predicted molar refractivity (Wildman–Crippen MR) is 194 cm³/mol. The van der Waals surface area contributed by atoms with E-state index in [9.17, 15) is 47.1 Å². The number of carbonyl (C=O) groups is 5. The van der Waals surface area contributed by atoms with Crippen LogP contribution in [-0.2, 0) is 50.2 Å². The number of thioether (sulfide) groups is 1. The van der Waals surface area contributed by atoms with Crippen molar-refractivity contribution in [1.82, 2.24) is 15.1 Å². The minimum absolute atomic E-state index is 0.163. The molecule has 0 aromatic heterocycles. The highest BCUT2D eigenvalue weighted by Gasteiger charge is 2.74. The summed E-state index contributed by atoms with van der Waals surface area (Å²) in [6.45, 7) is 15.1. The Morgan fingerprint density at radius 2 is 1.56 bits per heavy atom. The van der Waals surface area contributed by atoms with Crippen LogP contribution in [0.1, 0.15) is 64.8 Å². The van der Waals surface area contributed by atoms with Crippen LogP contribution in [0.4, 0.5) is 5.69 Å². The zero-order chi connectivity index (χ0) is 40.8. The van der Waals surface area contributed by atoms with E-state index >= 15 is 0 Å². The molecule has 2 heterocycles. The Bertz CT molecular complexity index is 1860. The summed E-state index contributed by atoms with van der Waals surface area (Å²) in [5, 5.41) is 9.97. The number of nitro groups is 1. The molecule has 0 bridgehead atoms. The first kappa shape index (κ1) is 43.8. The molecule has 4 rings (SSSR count). The van der Waals surface area contributed by atoms with Crippen LogP contribution in [0.2, 0.25) is 0 Å². The molecule has 2 aliphatic heterocycles. The SMILES string of the molecule is CCN(CC)CC.CO[C@@]1(C(=O)OCc2ccc([N+](=O)[O-])cc2)N2C(=O)[C@H](NC(=O)[C@@H](c3ccc(OC(C)=O)c(OC(C)=O)c3)S(=O)(=O)O)[C@H]2SC1(C)C. The molecule has 4 atom stereocenters. The van der Waals surface area contributed by atoms with Gasteiger partial charge in [-0.05, 0) is 68.9 Å². The van der Waals surface area contributed by atoms with Gasteiger partial charge >= 0.3 is 17.9 Å². The molecule has 2 aliphatic rings. The highest BCUT2D eigenvalue weighted by molar-refractivity contribution is 8.01. The summed E-state index contributed by atoms with van der Waals surface area (Å²) in [5.74, 6) is -5.44. The fourth-order valence-electron chi connectivity index (χ4n) is 5.98. The van der Waals surface area contributed by atoms with E-state index in [4.69, 9.17) is 18.9 Å². The molecular formula is C34H44N4O14S2. The molecule has 0 unspecified atom stereocenters. The zero-order valence-electron chi connectivity index (χ0n) is 31.0. The van der Waals surface area contributed by atoms with E-state index in [-0.39, 0.29) is 23.6 Å². The van der Waals surface area contributed by atoms with Gasteiger partial charge in [0, 0.05) is 33.1 Å². The Hall–Kier alpha value is -4.63. The van der Waals surface area contributed by atoms with Crippen molar-refractivity contribution in [1.29, 1.82) is 0 Å². The van der Waals surface area contributed by atoms with Gasteiger partial charge in [-0.25, -0.2) is 4.79 Å². The average Bonchev–Trinajstić information content (AvgIpc) is 3.31. The largest absolute Gasteiger partial charge is 0.457 e. The number of nitrogens with one attached hydrogen (secondary N) is 1. The van der Waals surface area contributed by atoms with Gasteiger partial charge in [-0.15, -0.1) is 11.8 Å². The summed E-state index contributed by atoms with van der Waals surface area (Å²) < 4.78 is 54.7. The zero-order valence-corrected chi connectivity index (χ0v) is 32.6. The van der Waals surface area contributed by atoms with E-state index in [1.807, 2.05) is 0 Å². The molecule has 18 nitrogen and oxygen atoms in total. The van der Waals surface area contributed by atoms with Crippen LogP contribution >= 0.6 is 11.8 Å². The molecule has 2 N–H and O–H groups in total. The minimum atomic E-state index is -5.20. The van der Waals surface area contributed by atoms with Crippen molar-refractivity contribution in [3.63, 3.8) is 0 Å². The molecule has 2 aromatic rings. The van der Waals surface area contributed by atoms with Gasteiger partial charge in [-0.1, -0.05) is 26.8 Å². The summed E-state index contributed by atoms with van der Waals surface area (Å²) in [6, 6.07) is 6.90. The third kappa shape index (κ3) is 9.35. The molecule has 2 saturated heterocycles. The normalized spacial score (nSPS) is 20.4. The van der Waals surface area contributed by atoms with E-state index < -0.39 is 77.7 Å². The van der Waals surface area contributed by atoms with Crippen molar-refractivity contribution in [2.45, 2.75) is 82.2 Å². The summed E-state index contributed by atoms with van der Waals surface area (Å²) in [6.07, 6.45) is 0. The molecule has 0 radical (unpaired) electrons. The van der Waals surface area contributed by atoms with Gasteiger partial charge in [0.25, 0.3) is 27.4 Å². The Kier molecular flexibility index (Phi) is 14.3. The van der Waals surface area contributed by atoms with Crippen LogP contribution in [0.3, 0.4) is 0 Å². The van der Waals surface area contributed by atoms with Crippen LogP contribution in [-0.4, -0.2) is 106 Å². The first-order valence-corrected chi connectivity index (χ1v) is 19.0. The number of fused-ring (bicyclic) bond motifs is 1. The predicted octanol–water partition coefficient (Wildman–Crippen LogP) is 2.99. The number of β-lactam (4-membered cyclic amide) rings is 1. The maximum Gasteiger partial charge on any atom is 0.361 e.